The summed E-state index contributed by atoms with van der Waals surface area (Å²) in [5, 5.41) is 3.03. The fourth-order valence-corrected chi connectivity index (χ4v) is 3.16. The second-order valence-electron chi connectivity index (χ2n) is 5.58. The van der Waals surface area contributed by atoms with Crippen LogP contribution in [0.2, 0.25) is 0 Å². The van der Waals surface area contributed by atoms with Crippen LogP contribution in [0.4, 0.5) is 0 Å². The lowest BCUT2D eigenvalue weighted by Crippen LogP contribution is -2.15. The normalized spacial score (nSPS) is 13.7. The van der Waals surface area contributed by atoms with E-state index in [1.54, 1.807) is 12.1 Å². The molecule has 4 aromatic rings. The minimum Gasteiger partial charge on any atom is -0.486 e. The van der Waals surface area contributed by atoms with Gasteiger partial charge in [0.15, 0.2) is 11.5 Å². The van der Waals surface area contributed by atoms with Gasteiger partial charge < -0.3 is 13.9 Å². The van der Waals surface area contributed by atoms with Crippen LogP contribution in [0.1, 0.15) is 0 Å². The Bertz CT molecular complexity index is 1140. The van der Waals surface area contributed by atoms with Gasteiger partial charge in [0.05, 0.1) is 10.8 Å². The van der Waals surface area contributed by atoms with Gasteiger partial charge in [0.25, 0.3) is 0 Å². The Kier molecular flexibility index (Phi) is 2.45. The van der Waals surface area contributed by atoms with Crippen LogP contribution in [-0.4, -0.2) is 13.2 Å². The van der Waals surface area contributed by atoms with E-state index in [2.05, 4.69) is 0 Å². The van der Waals surface area contributed by atoms with Crippen LogP contribution >= 0.6 is 0 Å². The molecule has 0 N–H and O–H groups in total. The van der Waals surface area contributed by atoms with Crippen molar-refractivity contribution in [1.82, 2.24) is 0 Å². The largest absolute Gasteiger partial charge is 0.486 e. The molecule has 112 valence electrons. The Hall–Kier alpha value is -3.01. The first-order chi connectivity index (χ1) is 11.3. The number of rotatable bonds is 0. The maximum atomic E-state index is 13.0. The summed E-state index contributed by atoms with van der Waals surface area (Å²) >= 11 is 0. The maximum Gasteiger partial charge on any atom is 0.201 e. The lowest BCUT2D eigenvalue weighted by Gasteiger charge is -2.18. The fraction of sp³-hybridized carbons (Fsp3) is 0.105. The molecule has 3 aromatic carbocycles. The number of fused-ring (bicyclic) bond motifs is 5. The first-order valence-electron chi connectivity index (χ1n) is 7.49. The van der Waals surface area contributed by atoms with Gasteiger partial charge in [-0.3, -0.25) is 4.79 Å². The van der Waals surface area contributed by atoms with E-state index < -0.39 is 0 Å². The van der Waals surface area contributed by atoms with Gasteiger partial charge in [-0.2, -0.15) is 0 Å². The molecule has 5 rings (SSSR count). The lowest BCUT2D eigenvalue weighted by molar-refractivity contribution is 0.172. The predicted molar refractivity (Wildman–Crippen MR) is 88.5 cm³/mol. The topological polar surface area (TPSA) is 48.7 Å². The molecule has 0 amide bonds. The summed E-state index contributed by atoms with van der Waals surface area (Å²) in [6.07, 6.45) is 0. The van der Waals surface area contributed by atoms with E-state index in [9.17, 15) is 4.79 Å². The predicted octanol–water partition coefficient (Wildman–Crippen LogP) is 3.87. The zero-order chi connectivity index (χ0) is 15.4. The van der Waals surface area contributed by atoms with Crippen molar-refractivity contribution in [2.75, 3.05) is 13.2 Å². The Morgan fingerprint density at radius 1 is 0.783 bits per heavy atom. The van der Waals surface area contributed by atoms with Gasteiger partial charge in [0.2, 0.25) is 5.43 Å². The van der Waals surface area contributed by atoms with Gasteiger partial charge in [-0.1, -0.05) is 30.3 Å². The van der Waals surface area contributed by atoms with E-state index in [-0.39, 0.29) is 5.43 Å². The standard InChI is InChI=1S/C19H12O4/c20-19-13-9-16-17(22-8-7-21-16)10-15(13)23-14-6-5-11-3-1-2-4-12(11)18(14)19/h1-6,9-10H,7-8H2. The molecule has 4 nitrogen and oxygen atoms in total. The first kappa shape index (κ1) is 12.5. The van der Waals surface area contributed by atoms with Crippen LogP contribution in [-0.2, 0) is 0 Å². The van der Waals surface area contributed by atoms with Crippen LogP contribution in [0.25, 0.3) is 32.7 Å². The van der Waals surface area contributed by atoms with Crippen molar-refractivity contribution in [3.8, 4) is 11.5 Å². The van der Waals surface area contributed by atoms with Gasteiger partial charge in [-0.05, 0) is 22.9 Å². The van der Waals surface area contributed by atoms with Crippen LogP contribution in [0.15, 0.2) is 57.7 Å². The number of benzene rings is 3. The average Bonchev–Trinajstić information content (AvgIpc) is 2.60. The number of ether oxygens (including phenoxy) is 2. The molecule has 1 aliphatic rings. The molecule has 4 heteroatoms. The van der Waals surface area contributed by atoms with Crippen LogP contribution in [0.3, 0.4) is 0 Å². The molecule has 0 aliphatic carbocycles. The molecule has 0 radical (unpaired) electrons. The van der Waals surface area contributed by atoms with Gasteiger partial charge in [-0.25, -0.2) is 0 Å². The van der Waals surface area contributed by atoms with E-state index in [0.29, 0.717) is 46.7 Å². The SMILES string of the molecule is O=c1c2cc3c(cc2oc2ccc4ccccc4c12)OCCO3. The average molecular weight is 304 g/mol. The molecule has 0 spiro atoms. The van der Waals surface area contributed by atoms with Crippen molar-refractivity contribution in [3.05, 3.63) is 58.8 Å². The van der Waals surface area contributed by atoms with E-state index in [1.165, 1.54) is 0 Å². The molecule has 0 atom stereocenters. The fourth-order valence-electron chi connectivity index (χ4n) is 3.16. The minimum absolute atomic E-state index is 0.0463. The van der Waals surface area contributed by atoms with E-state index >= 15 is 0 Å². The highest BCUT2D eigenvalue weighted by molar-refractivity contribution is 6.08. The maximum absolute atomic E-state index is 13.0. The van der Waals surface area contributed by atoms with Crippen LogP contribution in [0, 0.1) is 0 Å². The summed E-state index contributed by atoms with van der Waals surface area (Å²) in [5.41, 5.74) is 1.05. The second kappa shape index (κ2) is 4.49. The van der Waals surface area contributed by atoms with Crippen molar-refractivity contribution >= 4 is 32.7 Å². The third-order valence-electron chi connectivity index (χ3n) is 4.23. The van der Waals surface area contributed by atoms with E-state index in [4.69, 9.17) is 13.9 Å². The molecular formula is C19H12O4. The zero-order valence-corrected chi connectivity index (χ0v) is 12.2. The first-order valence-corrected chi connectivity index (χ1v) is 7.49. The molecule has 0 unspecified atom stereocenters. The van der Waals surface area contributed by atoms with Gasteiger partial charge in [0.1, 0.15) is 24.4 Å². The summed E-state index contributed by atoms with van der Waals surface area (Å²) in [4.78, 5) is 13.0. The van der Waals surface area contributed by atoms with Crippen LogP contribution in [0.5, 0.6) is 11.5 Å². The third-order valence-corrected chi connectivity index (χ3v) is 4.23. The minimum atomic E-state index is -0.0463. The molecule has 23 heavy (non-hydrogen) atoms. The Morgan fingerprint density at radius 2 is 1.57 bits per heavy atom. The van der Waals surface area contributed by atoms with Crippen LogP contribution < -0.4 is 14.9 Å². The molecular weight excluding hydrogens is 292 g/mol. The lowest BCUT2D eigenvalue weighted by atomic mass is 10.0. The molecule has 1 aliphatic heterocycles. The highest BCUT2D eigenvalue weighted by Crippen LogP contribution is 2.35. The van der Waals surface area contributed by atoms with E-state index in [0.717, 1.165) is 10.8 Å². The van der Waals surface area contributed by atoms with Crippen molar-refractivity contribution in [2.45, 2.75) is 0 Å². The van der Waals surface area contributed by atoms with E-state index in [1.807, 2.05) is 36.4 Å². The van der Waals surface area contributed by atoms with Gasteiger partial charge in [-0.15, -0.1) is 0 Å². The molecule has 0 bridgehead atoms. The zero-order valence-electron chi connectivity index (χ0n) is 12.2. The smallest absolute Gasteiger partial charge is 0.201 e. The molecule has 0 saturated carbocycles. The summed E-state index contributed by atoms with van der Waals surface area (Å²) in [5.74, 6) is 1.21. The highest BCUT2D eigenvalue weighted by Gasteiger charge is 2.17. The van der Waals surface area contributed by atoms with Crippen molar-refractivity contribution in [2.24, 2.45) is 0 Å². The highest BCUT2D eigenvalue weighted by atomic mass is 16.6. The molecule has 1 aromatic heterocycles. The Balaban J connectivity index is 1.97. The van der Waals surface area contributed by atoms with Crippen molar-refractivity contribution in [3.63, 3.8) is 0 Å². The monoisotopic (exact) mass is 304 g/mol. The Labute approximate surface area is 130 Å². The van der Waals surface area contributed by atoms with Gasteiger partial charge in [0, 0.05) is 6.07 Å². The quantitative estimate of drug-likeness (QED) is 0.365. The molecule has 2 heterocycles. The summed E-state index contributed by atoms with van der Waals surface area (Å²) in [6, 6.07) is 15.1. The molecule has 0 fully saturated rings. The van der Waals surface area contributed by atoms with Gasteiger partial charge >= 0.3 is 0 Å². The third kappa shape index (κ3) is 1.75. The summed E-state index contributed by atoms with van der Waals surface area (Å²) in [6.45, 7) is 0.987. The summed E-state index contributed by atoms with van der Waals surface area (Å²) in [7, 11) is 0. The van der Waals surface area contributed by atoms with Crippen molar-refractivity contribution < 1.29 is 13.9 Å². The number of hydrogen-bond acceptors (Lipinski definition) is 4. The Morgan fingerprint density at radius 3 is 2.43 bits per heavy atom. The molecule has 0 saturated heterocycles. The summed E-state index contributed by atoms with van der Waals surface area (Å²) < 4.78 is 17.1. The second-order valence-corrected chi connectivity index (χ2v) is 5.58. The van der Waals surface area contributed by atoms with Crippen molar-refractivity contribution in [1.29, 1.82) is 0 Å². The number of hydrogen-bond donors (Lipinski definition) is 0.